The number of carbonyl (C=O) groups is 1. The van der Waals surface area contributed by atoms with Gasteiger partial charge in [-0.3, -0.25) is 4.79 Å². The zero-order valence-electron chi connectivity index (χ0n) is 15.4. The highest BCUT2D eigenvalue weighted by Gasteiger charge is 2.22. The van der Waals surface area contributed by atoms with Crippen molar-refractivity contribution in [1.29, 1.82) is 0 Å². The van der Waals surface area contributed by atoms with Crippen LogP contribution in [0.5, 0.6) is 0 Å². The number of hydrogen-bond donors (Lipinski definition) is 0. The van der Waals surface area contributed by atoms with E-state index in [1.54, 1.807) is 36.4 Å². The standard InChI is InChI=1S/C20H18ClFN4O2S/c21-15-3-1-14(2-4-15)19-23-24-20(28-19)29-13-18(27)26-11-9-25(10-12-26)17-7-5-16(22)6-8-17/h1-8H,9-13H2. The van der Waals surface area contributed by atoms with Crippen LogP contribution in [0.3, 0.4) is 0 Å². The van der Waals surface area contributed by atoms with E-state index in [2.05, 4.69) is 15.1 Å². The molecular formula is C20H18ClFN4O2S. The van der Waals surface area contributed by atoms with Gasteiger partial charge in [0.25, 0.3) is 5.22 Å². The summed E-state index contributed by atoms with van der Waals surface area (Å²) >= 11 is 7.11. The zero-order valence-corrected chi connectivity index (χ0v) is 17.0. The minimum atomic E-state index is -0.250. The van der Waals surface area contributed by atoms with E-state index in [-0.39, 0.29) is 17.5 Å². The van der Waals surface area contributed by atoms with E-state index >= 15 is 0 Å². The number of anilines is 1. The minimum absolute atomic E-state index is 0.0278. The van der Waals surface area contributed by atoms with Gasteiger partial charge in [0.2, 0.25) is 11.8 Å². The van der Waals surface area contributed by atoms with Gasteiger partial charge in [0.1, 0.15) is 5.82 Å². The molecule has 0 saturated carbocycles. The second-order valence-corrected chi connectivity index (χ2v) is 7.88. The summed E-state index contributed by atoms with van der Waals surface area (Å²) < 4.78 is 18.7. The van der Waals surface area contributed by atoms with Crippen molar-refractivity contribution in [3.05, 3.63) is 59.4 Å². The molecule has 1 aromatic heterocycles. The molecule has 2 heterocycles. The van der Waals surface area contributed by atoms with E-state index in [1.807, 2.05) is 4.90 Å². The summed E-state index contributed by atoms with van der Waals surface area (Å²) in [5.74, 6) is 0.406. The first-order valence-corrected chi connectivity index (χ1v) is 10.5. The molecule has 3 aromatic rings. The summed E-state index contributed by atoms with van der Waals surface area (Å²) in [6.45, 7) is 2.67. The topological polar surface area (TPSA) is 62.5 Å². The fraction of sp³-hybridized carbons (Fsp3) is 0.250. The van der Waals surface area contributed by atoms with Crippen LogP contribution in [-0.4, -0.2) is 52.9 Å². The van der Waals surface area contributed by atoms with Crippen LogP contribution in [0.15, 0.2) is 58.2 Å². The monoisotopic (exact) mass is 432 g/mol. The Morgan fingerprint density at radius 3 is 2.41 bits per heavy atom. The summed E-state index contributed by atoms with van der Waals surface area (Å²) in [6, 6.07) is 13.5. The zero-order chi connectivity index (χ0) is 20.2. The molecule has 0 N–H and O–H groups in total. The quantitative estimate of drug-likeness (QED) is 0.568. The molecule has 29 heavy (non-hydrogen) atoms. The molecular weight excluding hydrogens is 415 g/mol. The van der Waals surface area contributed by atoms with E-state index in [9.17, 15) is 9.18 Å². The van der Waals surface area contributed by atoms with E-state index in [0.29, 0.717) is 42.3 Å². The average molecular weight is 433 g/mol. The van der Waals surface area contributed by atoms with Crippen molar-refractivity contribution in [2.75, 3.05) is 36.8 Å². The van der Waals surface area contributed by atoms with Crippen LogP contribution in [0, 0.1) is 5.82 Å². The number of thioether (sulfide) groups is 1. The largest absolute Gasteiger partial charge is 0.411 e. The van der Waals surface area contributed by atoms with Crippen molar-refractivity contribution in [2.24, 2.45) is 0 Å². The lowest BCUT2D eigenvalue weighted by Crippen LogP contribution is -2.49. The van der Waals surface area contributed by atoms with Gasteiger partial charge in [-0.15, -0.1) is 10.2 Å². The summed E-state index contributed by atoms with van der Waals surface area (Å²) in [6.07, 6.45) is 0. The number of benzene rings is 2. The summed E-state index contributed by atoms with van der Waals surface area (Å²) in [5.41, 5.74) is 1.74. The van der Waals surface area contributed by atoms with Crippen molar-refractivity contribution < 1.29 is 13.6 Å². The highest BCUT2D eigenvalue weighted by molar-refractivity contribution is 7.99. The predicted molar refractivity (Wildman–Crippen MR) is 111 cm³/mol. The summed E-state index contributed by atoms with van der Waals surface area (Å²) in [7, 11) is 0. The molecule has 1 fully saturated rings. The lowest BCUT2D eigenvalue weighted by molar-refractivity contribution is -0.128. The van der Waals surface area contributed by atoms with Gasteiger partial charge in [-0.05, 0) is 48.5 Å². The minimum Gasteiger partial charge on any atom is -0.411 e. The van der Waals surface area contributed by atoms with Gasteiger partial charge >= 0.3 is 0 Å². The van der Waals surface area contributed by atoms with Gasteiger partial charge in [0.05, 0.1) is 5.75 Å². The molecule has 2 aromatic carbocycles. The smallest absolute Gasteiger partial charge is 0.277 e. The van der Waals surface area contributed by atoms with Crippen LogP contribution in [0.1, 0.15) is 0 Å². The Morgan fingerprint density at radius 1 is 1.03 bits per heavy atom. The van der Waals surface area contributed by atoms with Gasteiger partial charge < -0.3 is 14.2 Å². The SMILES string of the molecule is O=C(CSc1nnc(-c2ccc(Cl)cc2)o1)N1CCN(c2ccc(F)cc2)CC1. The molecule has 4 rings (SSSR count). The van der Waals surface area contributed by atoms with E-state index < -0.39 is 0 Å². The molecule has 0 radical (unpaired) electrons. The van der Waals surface area contributed by atoms with Gasteiger partial charge in [-0.2, -0.15) is 0 Å². The second kappa shape index (κ2) is 8.84. The van der Waals surface area contributed by atoms with Crippen LogP contribution >= 0.6 is 23.4 Å². The first-order valence-electron chi connectivity index (χ1n) is 9.09. The Hall–Kier alpha value is -2.58. The number of piperazine rings is 1. The lowest BCUT2D eigenvalue weighted by Gasteiger charge is -2.36. The Labute approximate surface area is 176 Å². The van der Waals surface area contributed by atoms with Crippen LogP contribution in [-0.2, 0) is 4.79 Å². The van der Waals surface area contributed by atoms with Crippen LogP contribution in [0.25, 0.3) is 11.5 Å². The molecule has 150 valence electrons. The molecule has 1 amide bonds. The molecule has 0 spiro atoms. The number of carbonyl (C=O) groups excluding carboxylic acids is 1. The van der Waals surface area contributed by atoms with E-state index in [4.69, 9.17) is 16.0 Å². The molecule has 6 nitrogen and oxygen atoms in total. The van der Waals surface area contributed by atoms with Crippen molar-refractivity contribution >= 4 is 35.0 Å². The normalized spacial score (nSPS) is 14.3. The third kappa shape index (κ3) is 4.89. The maximum absolute atomic E-state index is 13.1. The molecule has 0 atom stereocenters. The number of hydrogen-bond acceptors (Lipinski definition) is 6. The molecule has 0 unspecified atom stereocenters. The molecule has 1 aliphatic rings. The average Bonchev–Trinajstić information content (AvgIpc) is 3.22. The number of amides is 1. The fourth-order valence-corrected chi connectivity index (χ4v) is 3.85. The Balaban J connectivity index is 1.27. The number of rotatable bonds is 5. The molecule has 1 aliphatic heterocycles. The predicted octanol–water partition coefficient (Wildman–Crippen LogP) is 3.97. The molecule has 9 heteroatoms. The highest BCUT2D eigenvalue weighted by Crippen LogP contribution is 2.25. The first-order chi connectivity index (χ1) is 14.1. The second-order valence-electron chi connectivity index (χ2n) is 6.51. The van der Waals surface area contributed by atoms with Crippen molar-refractivity contribution in [3.8, 4) is 11.5 Å². The van der Waals surface area contributed by atoms with Crippen molar-refractivity contribution in [1.82, 2.24) is 15.1 Å². The van der Waals surface area contributed by atoms with Crippen molar-refractivity contribution in [2.45, 2.75) is 5.22 Å². The molecule has 0 bridgehead atoms. The summed E-state index contributed by atoms with van der Waals surface area (Å²) in [4.78, 5) is 16.5. The number of aromatic nitrogens is 2. The maximum Gasteiger partial charge on any atom is 0.277 e. The van der Waals surface area contributed by atoms with Crippen LogP contribution in [0.4, 0.5) is 10.1 Å². The third-order valence-corrected chi connectivity index (χ3v) is 5.70. The van der Waals surface area contributed by atoms with Crippen molar-refractivity contribution in [3.63, 3.8) is 0 Å². The van der Waals surface area contributed by atoms with Crippen LogP contribution in [0.2, 0.25) is 5.02 Å². The fourth-order valence-electron chi connectivity index (χ4n) is 3.06. The Bertz CT molecular complexity index is 973. The lowest BCUT2D eigenvalue weighted by atomic mass is 10.2. The number of halogens is 2. The van der Waals surface area contributed by atoms with Gasteiger partial charge in [0.15, 0.2) is 0 Å². The third-order valence-electron chi connectivity index (χ3n) is 4.64. The van der Waals surface area contributed by atoms with Crippen LogP contribution < -0.4 is 4.90 Å². The van der Waals surface area contributed by atoms with E-state index in [0.717, 1.165) is 11.3 Å². The highest BCUT2D eigenvalue weighted by atomic mass is 35.5. The first kappa shape index (κ1) is 19.7. The van der Waals surface area contributed by atoms with Gasteiger partial charge in [-0.25, -0.2) is 4.39 Å². The number of nitrogens with zero attached hydrogens (tertiary/aromatic N) is 4. The molecule has 0 aliphatic carbocycles. The Kier molecular flexibility index (Phi) is 6.01. The molecule has 1 saturated heterocycles. The van der Waals surface area contributed by atoms with Gasteiger partial charge in [-0.1, -0.05) is 23.4 Å². The Morgan fingerprint density at radius 2 is 1.72 bits per heavy atom. The summed E-state index contributed by atoms with van der Waals surface area (Å²) in [5, 5.41) is 9.00. The van der Waals surface area contributed by atoms with E-state index in [1.165, 1.54) is 23.9 Å². The maximum atomic E-state index is 13.1. The van der Waals surface area contributed by atoms with Gasteiger partial charge in [0, 0.05) is 42.5 Å².